The molecule has 5 heteroatoms. The quantitative estimate of drug-likeness (QED) is 0.796. The van der Waals surface area contributed by atoms with E-state index in [4.69, 9.17) is 0 Å². The summed E-state index contributed by atoms with van der Waals surface area (Å²) in [5.41, 5.74) is 1.92. The van der Waals surface area contributed by atoms with E-state index in [0.717, 1.165) is 39.1 Å². The van der Waals surface area contributed by atoms with Crippen LogP contribution in [-0.2, 0) is 6.54 Å². The molecular formula is C18H29N3O2. The predicted octanol–water partition coefficient (Wildman–Crippen LogP) is 1.32. The maximum absolute atomic E-state index is 12.0. The molecular weight excluding hydrogens is 290 g/mol. The number of aliphatic hydroxyl groups excluding tert-OH is 1. The SMILES string of the molecule is CCC(O)CCNC(=O)c1ccc(CN2CCN(C)CC2)cc1. The van der Waals surface area contributed by atoms with Crippen LogP contribution in [-0.4, -0.2) is 66.7 Å². The van der Waals surface area contributed by atoms with Crippen molar-refractivity contribution in [1.29, 1.82) is 0 Å². The summed E-state index contributed by atoms with van der Waals surface area (Å²) >= 11 is 0. The van der Waals surface area contributed by atoms with Gasteiger partial charge in [-0.05, 0) is 37.6 Å². The molecule has 128 valence electrons. The standard InChI is InChI=1S/C18H29N3O2/c1-3-17(22)8-9-19-18(23)16-6-4-15(5-7-16)14-21-12-10-20(2)11-13-21/h4-7,17,22H,3,8-14H2,1-2H3,(H,19,23). The fraction of sp³-hybridized carbons (Fsp3) is 0.611. The molecule has 1 aliphatic heterocycles. The summed E-state index contributed by atoms with van der Waals surface area (Å²) in [6.45, 7) is 7.81. The van der Waals surface area contributed by atoms with Crippen LogP contribution in [0.3, 0.4) is 0 Å². The van der Waals surface area contributed by atoms with Crippen LogP contribution < -0.4 is 5.32 Å². The minimum absolute atomic E-state index is 0.0700. The van der Waals surface area contributed by atoms with Gasteiger partial charge in [-0.25, -0.2) is 0 Å². The molecule has 1 fully saturated rings. The highest BCUT2D eigenvalue weighted by Crippen LogP contribution is 2.10. The van der Waals surface area contributed by atoms with Gasteiger partial charge >= 0.3 is 0 Å². The van der Waals surface area contributed by atoms with E-state index in [2.05, 4.69) is 22.2 Å². The first-order valence-corrected chi connectivity index (χ1v) is 8.54. The topological polar surface area (TPSA) is 55.8 Å². The number of hydrogen-bond donors (Lipinski definition) is 2. The molecule has 1 aromatic rings. The van der Waals surface area contributed by atoms with Gasteiger partial charge in [0, 0.05) is 44.8 Å². The molecule has 23 heavy (non-hydrogen) atoms. The second-order valence-electron chi connectivity index (χ2n) is 6.38. The maximum atomic E-state index is 12.0. The van der Waals surface area contributed by atoms with Crippen LogP contribution in [0.4, 0.5) is 0 Å². The van der Waals surface area contributed by atoms with E-state index < -0.39 is 0 Å². The molecule has 0 bridgehead atoms. The van der Waals surface area contributed by atoms with Crippen molar-refractivity contribution >= 4 is 5.91 Å². The number of hydrogen-bond acceptors (Lipinski definition) is 4. The van der Waals surface area contributed by atoms with Crippen molar-refractivity contribution in [3.8, 4) is 0 Å². The van der Waals surface area contributed by atoms with Gasteiger partial charge < -0.3 is 15.3 Å². The Kier molecular flexibility index (Phi) is 7.02. The summed E-state index contributed by atoms with van der Waals surface area (Å²) in [6, 6.07) is 7.84. The molecule has 2 rings (SSSR count). The molecule has 1 amide bonds. The van der Waals surface area contributed by atoms with Gasteiger partial charge in [0.25, 0.3) is 5.91 Å². The average molecular weight is 319 g/mol. The second-order valence-corrected chi connectivity index (χ2v) is 6.38. The number of likely N-dealkylation sites (N-methyl/N-ethyl adjacent to an activating group) is 1. The number of nitrogens with one attached hydrogen (secondary N) is 1. The number of carbonyl (C=O) groups excluding carboxylic acids is 1. The van der Waals surface area contributed by atoms with Crippen LogP contribution in [0.15, 0.2) is 24.3 Å². The number of carbonyl (C=O) groups is 1. The zero-order valence-electron chi connectivity index (χ0n) is 14.3. The molecule has 2 N–H and O–H groups in total. The number of nitrogens with zero attached hydrogens (tertiary/aromatic N) is 2. The van der Waals surface area contributed by atoms with Gasteiger partial charge in [-0.2, -0.15) is 0 Å². The smallest absolute Gasteiger partial charge is 0.251 e. The summed E-state index contributed by atoms with van der Waals surface area (Å²) in [4.78, 5) is 16.8. The highest BCUT2D eigenvalue weighted by atomic mass is 16.3. The van der Waals surface area contributed by atoms with Gasteiger partial charge in [-0.15, -0.1) is 0 Å². The highest BCUT2D eigenvalue weighted by Gasteiger charge is 2.14. The molecule has 0 aliphatic carbocycles. The third-order valence-electron chi connectivity index (χ3n) is 4.45. The van der Waals surface area contributed by atoms with Gasteiger partial charge in [0.05, 0.1) is 6.10 Å². The lowest BCUT2D eigenvalue weighted by atomic mass is 10.1. The van der Waals surface area contributed by atoms with E-state index in [1.807, 2.05) is 31.2 Å². The van der Waals surface area contributed by atoms with E-state index in [1.54, 1.807) is 0 Å². The molecule has 1 unspecified atom stereocenters. The molecule has 1 heterocycles. The Morgan fingerprint density at radius 2 is 1.87 bits per heavy atom. The van der Waals surface area contributed by atoms with Crippen LogP contribution >= 0.6 is 0 Å². The number of aliphatic hydroxyl groups is 1. The van der Waals surface area contributed by atoms with Gasteiger partial charge in [-0.3, -0.25) is 9.69 Å². The molecule has 0 spiro atoms. The molecule has 0 radical (unpaired) electrons. The summed E-state index contributed by atoms with van der Waals surface area (Å²) < 4.78 is 0. The Morgan fingerprint density at radius 1 is 1.22 bits per heavy atom. The van der Waals surface area contributed by atoms with Crippen molar-refractivity contribution < 1.29 is 9.90 Å². The Bertz CT molecular complexity index is 482. The van der Waals surface area contributed by atoms with Crippen molar-refractivity contribution in [3.63, 3.8) is 0 Å². The van der Waals surface area contributed by atoms with E-state index in [1.165, 1.54) is 5.56 Å². The first-order valence-electron chi connectivity index (χ1n) is 8.54. The third kappa shape index (κ3) is 5.94. The van der Waals surface area contributed by atoms with Crippen molar-refractivity contribution in [2.75, 3.05) is 39.8 Å². The second kappa shape index (κ2) is 9.01. The lowest BCUT2D eigenvalue weighted by Gasteiger charge is -2.32. The summed E-state index contributed by atoms with van der Waals surface area (Å²) in [6.07, 6.45) is 0.988. The van der Waals surface area contributed by atoms with E-state index in [0.29, 0.717) is 18.5 Å². The predicted molar refractivity (Wildman–Crippen MR) is 92.5 cm³/mol. The lowest BCUT2D eigenvalue weighted by molar-refractivity contribution is 0.0942. The molecule has 1 aromatic carbocycles. The summed E-state index contributed by atoms with van der Waals surface area (Å²) in [5, 5.41) is 12.3. The minimum Gasteiger partial charge on any atom is -0.393 e. The molecule has 1 aliphatic rings. The Morgan fingerprint density at radius 3 is 2.48 bits per heavy atom. The van der Waals surface area contributed by atoms with Crippen LogP contribution in [0.25, 0.3) is 0 Å². The van der Waals surface area contributed by atoms with Crippen molar-refractivity contribution in [1.82, 2.24) is 15.1 Å². The first kappa shape index (κ1) is 17.9. The van der Waals surface area contributed by atoms with Crippen LogP contribution in [0.1, 0.15) is 35.7 Å². The first-order chi connectivity index (χ1) is 11.1. The Labute approximate surface area is 139 Å². The highest BCUT2D eigenvalue weighted by molar-refractivity contribution is 5.94. The number of benzene rings is 1. The third-order valence-corrected chi connectivity index (χ3v) is 4.45. The van der Waals surface area contributed by atoms with Crippen LogP contribution in [0.2, 0.25) is 0 Å². The number of amides is 1. The van der Waals surface area contributed by atoms with Gasteiger partial charge in [0.15, 0.2) is 0 Å². The average Bonchev–Trinajstić information content (AvgIpc) is 2.57. The minimum atomic E-state index is -0.332. The van der Waals surface area contributed by atoms with Crippen molar-refractivity contribution in [2.24, 2.45) is 0 Å². The van der Waals surface area contributed by atoms with E-state index in [-0.39, 0.29) is 12.0 Å². The number of piperazine rings is 1. The molecule has 0 aromatic heterocycles. The summed E-state index contributed by atoms with van der Waals surface area (Å²) in [5.74, 6) is -0.0700. The monoisotopic (exact) mass is 319 g/mol. The molecule has 0 saturated carbocycles. The van der Waals surface area contributed by atoms with Crippen molar-refractivity contribution in [3.05, 3.63) is 35.4 Å². The lowest BCUT2D eigenvalue weighted by Crippen LogP contribution is -2.43. The Balaban J connectivity index is 1.78. The normalized spacial score (nSPS) is 17.9. The zero-order chi connectivity index (χ0) is 16.7. The Hall–Kier alpha value is -1.43. The van der Waals surface area contributed by atoms with E-state index in [9.17, 15) is 9.90 Å². The number of rotatable bonds is 7. The van der Waals surface area contributed by atoms with Gasteiger partial charge in [-0.1, -0.05) is 19.1 Å². The largest absolute Gasteiger partial charge is 0.393 e. The fourth-order valence-corrected chi connectivity index (χ4v) is 2.68. The van der Waals surface area contributed by atoms with Crippen molar-refractivity contribution in [2.45, 2.75) is 32.4 Å². The van der Waals surface area contributed by atoms with Gasteiger partial charge in [0.1, 0.15) is 0 Å². The zero-order valence-corrected chi connectivity index (χ0v) is 14.3. The molecule has 1 saturated heterocycles. The molecule has 1 atom stereocenters. The maximum Gasteiger partial charge on any atom is 0.251 e. The van der Waals surface area contributed by atoms with E-state index >= 15 is 0 Å². The van der Waals surface area contributed by atoms with Gasteiger partial charge in [0.2, 0.25) is 0 Å². The molecule has 5 nitrogen and oxygen atoms in total. The summed E-state index contributed by atoms with van der Waals surface area (Å²) in [7, 11) is 2.16. The van der Waals surface area contributed by atoms with Crippen LogP contribution in [0, 0.1) is 0 Å². The fourth-order valence-electron chi connectivity index (χ4n) is 2.68. The van der Waals surface area contributed by atoms with Crippen LogP contribution in [0.5, 0.6) is 0 Å².